The fourth-order valence-corrected chi connectivity index (χ4v) is 6.15. The van der Waals surface area contributed by atoms with Gasteiger partial charge in [-0.1, -0.05) is 54.6 Å². The molecule has 0 radical (unpaired) electrons. The van der Waals surface area contributed by atoms with Crippen molar-refractivity contribution in [3.05, 3.63) is 156 Å². The number of carbonyl (C=O) groups is 1. The van der Waals surface area contributed by atoms with Crippen LogP contribution < -0.4 is 36.6 Å². The Morgan fingerprint density at radius 3 is 2.20 bits per heavy atom. The van der Waals surface area contributed by atoms with Crippen molar-refractivity contribution in [2.45, 2.75) is 32.9 Å². The largest absolute Gasteiger partial charge is 0.493 e. The van der Waals surface area contributed by atoms with Gasteiger partial charge in [-0.15, -0.1) is 0 Å². The second-order valence-electron chi connectivity index (χ2n) is 12.0. The highest BCUT2D eigenvalue weighted by atomic mass is 16.5. The van der Waals surface area contributed by atoms with Gasteiger partial charge >= 0.3 is 0 Å². The van der Waals surface area contributed by atoms with Gasteiger partial charge in [0.15, 0.2) is 11.5 Å². The van der Waals surface area contributed by atoms with Crippen molar-refractivity contribution in [3.8, 4) is 11.5 Å². The number of nitrogens with zero attached hydrogens (tertiary/aromatic N) is 2. The molecule has 2 N–H and O–H groups in total. The summed E-state index contributed by atoms with van der Waals surface area (Å²) >= 11 is 0. The van der Waals surface area contributed by atoms with Gasteiger partial charge in [-0.3, -0.25) is 19.3 Å². The molecular formula is C40H40N4O5. The van der Waals surface area contributed by atoms with Gasteiger partial charge in [0.1, 0.15) is 10.7 Å². The van der Waals surface area contributed by atoms with Crippen LogP contribution in [-0.4, -0.2) is 47.7 Å². The first-order chi connectivity index (χ1) is 23.8. The fourth-order valence-electron chi connectivity index (χ4n) is 6.15. The Morgan fingerprint density at radius 1 is 0.857 bits per heavy atom. The SMILES string of the molecule is CCn1c(=O)/c(=C/c2ccc(C(=O)Nc3ccc(CCN4CCc5cc(OC)c(OC)cc5C4)cc3)cc2)[nH]c(=O)/c1=C/c1ccccc1. The maximum Gasteiger partial charge on any atom is 0.274 e. The molecule has 0 fully saturated rings. The number of anilines is 1. The summed E-state index contributed by atoms with van der Waals surface area (Å²) in [5, 5.41) is 3.44. The van der Waals surface area contributed by atoms with Crippen LogP contribution in [0.1, 0.15) is 45.1 Å². The average molecular weight is 657 g/mol. The molecule has 250 valence electrons. The van der Waals surface area contributed by atoms with E-state index >= 15 is 0 Å². The minimum atomic E-state index is -0.349. The van der Waals surface area contributed by atoms with E-state index in [0.717, 1.165) is 49.5 Å². The Hall–Kier alpha value is -5.67. The maximum atomic E-state index is 13.2. The third-order valence-corrected chi connectivity index (χ3v) is 8.88. The first-order valence-corrected chi connectivity index (χ1v) is 16.4. The number of nitrogens with one attached hydrogen (secondary N) is 2. The van der Waals surface area contributed by atoms with Crippen molar-refractivity contribution in [2.75, 3.05) is 32.6 Å². The van der Waals surface area contributed by atoms with Crippen molar-refractivity contribution in [2.24, 2.45) is 0 Å². The summed E-state index contributed by atoms with van der Waals surface area (Å²) in [5.74, 6) is 1.30. The monoisotopic (exact) mass is 656 g/mol. The molecule has 5 aromatic rings. The van der Waals surface area contributed by atoms with Crippen molar-refractivity contribution >= 4 is 23.7 Å². The van der Waals surface area contributed by atoms with E-state index in [-0.39, 0.29) is 22.4 Å². The quantitative estimate of drug-likeness (QED) is 0.235. The first kappa shape index (κ1) is 33.2. The van der Waals surface area contributed by atoms with Gasteiger partial charge in [-0.25, -0.2) is 0 Å². The van der Waals surface area contributed by atoms with Crippen LogP contribution in [0, 0.1) is 0 Å². The van der Waals surface area contributed by atoms with Gasteiger partial charge < -0.3 is 24.3 Å². The molecule has 1 amide bonds. The van der Waals surface area contributed by atoms with E-state index in [1.54, 1.807) is 50.6 Å². The lowest BCUT2D eigenvalue weighted by molar-refractivity contribution is 0.102. The van der Waals surface area contributed by atoms with Gasteiger partial charge in [0, 0.05) is 37.4 Å². The molecule has 4 aromatic carbocycles. The zero-order valence-electron chi connectivity index (χ0n) is 28.0. The van der Waals surface area contributed by atoms with Crippen molar-refractivity contribution < 1.29 is 14.3 Å². The number of benzene rings is 4. The molecule has 1 aromatic heterocycles. The van der Waals surface area contributed by atoms with Crippen LogP contribution in [0.4, 0.5) is 5.69 Å². The second-order valence-corrected chi connectivity index (χ2v) is 12.0. The van der Waals surface area contributed by atoms with E-state index in [1.807, 2.05) is 61.5 Å². The molecule has 6 rings (SSSR count). The van der Waals surface area contributed by atoms with Gasteiger partial charge in [0.05, 0.1) is 14.2 Å². The number of methoxy groups -OCH3 is 2. The van der Waals surface area contributed by atoms with Crippen LogP contribution in [0.5, 0.6) is 11.5 Å². The molecule has 0 unspecified atom stereocenters. The number of H-pyrrole nitrogens is 1. The Kier molecular flexibility index (Phi) is 10.2. The summed E-state index contributed by atoms with van der Waals surface area (Å²) in [6, 6.07) is 28.4. The number of fused-ring (bicyclic) bond motifs is 1. The predicted molar refractivity (Wildman–Crippen MR) is 193 cm³/mol. The number of hydrogen-bond donors (Lipinski definition) is 2. The second kappa shape index (κ2) is 15.0. The van der Waals surface area contributed by atoms with Gasteiger partial charge in [-0.05, 0) is 96.1 Å². The van der Waals surface area contributed by atoms with Crippen molar-refractivity contribution in [3.63, 3.8) is 0 Å². The fraction of sp³-hybridized carbons (Fsp3) is 0.225. The molecule has 0 aliphatic carbocycles. The molecule has 1 aliphatic heterocycles. The van der Waals surface area contributed by atoms with E-state index < -0.39 is 0 Å². The third kappa shape index (κ3) is 7.74. The summed E-state index contributed by atoms with van der Waals surface area (Å²) in [6.07, 6.45) is 5.20. The van der Waals surface area contributed by atoms with E-state index in [4.69, 9.17) is 9.47 Å². The summed E-state index contributed by atoms with van der Waals surface area (Å²) < 4.78 is 12.4. The normalized spacial score (nSPS) is 13.6. The molecule has 9 heteroatoms. The predicted octanol–water partition coefficient (Wildman–Crippen LogP) is 4.08. The number of ether oxygens (including phenoxy) is 2. The number of rotatable bonds is 10. The highest BCUT2D eigenvalue weighted by Gasteiger charge is 2.19. The molecule has 1 aliphatic rings. The van der Waals surface area contributed by atoms with E-state index in [1.165, 1.54) is 21.3 Å². The topological polar surface area (TPSA) is 106 Å². The lowest BCUT2D eigenvalue weighted by Gasteiger charge is -2.29. The number of aromatic nitrogens is 2. The Labute approximate surface area is 284 Å². The van der Waals surface area contributed by atoms with Crippen LogP contribution >= 0.6 is 0 Å². The standard InChI is InChI=1S/C40H40N4O5/c1-4-44-35(23-28-8-6-5-7-9-28)39(46)42-34(40(44)47)22-29-10-14-30(15-11-29)38(45)41-33-16-12-27(13-17-33)18-20-43-21-19-31-24-36(48-2)37(49-3)25-32(31)26-43/h5-17,22-25H,4,18-21,26H2,1-3H3,(H,41,45)(H,42,46)/b34-22-,35-23-. The summed E-state index contributed by atoms with van der Waals surface area (Å²) in [4.78, 5) is 44.4. The molecule has 0 saturated carbocycles. The molecular weight excluding hydrogens is 616 g/mol. The van der Waals surface area contributed by atoms with Gasteiger partial charge in [-0.2, -0.15) is 0 Å². The molecule has 0 atom stereocenters. The maximum absolute atomic E-state index is 13.2. The van der Waals surface area contributed by atoms with E-state index in [2.05, 4.69) is 27.3 Å². The number of carbonyl (C=O) groups excluding carboxylic acids is 1. The van der Waals surface area contributed by atoms with Crippen LogP contribution in [0.15, 0.2) is 101 Å². The van der Waals surface area contributed by atoms with E-state index in [9.17, 15) is 14.4 Å². The van der Waals surface area contributed by atoms with Gasteiger partial charge in [0.25, 0.3) is 17.0 Å². The lowest BCUT2D eigenvalue weighted by atomic mass is 9.98. The zero-order chi connectivity index (χ0) is 34.3. The summed E-state index contributed by atoms with van der Waals surface area (Å²) in [6.45, 7) is 4.97. The molecule has 0 bridgehead atoms. The van der Waals surface area contributed by atoms with Crippen LogP contribution in [0.25, 0.3) is 12.2 Å². The minimum Gasteiger partial charge on any atom is -0.493 e. The Balaban J connectivity index is 1.07. The van der Waals surface area contributed by atoms with Crippen molar-refractivity contribution in [1.29, 1.82) is 0 Å². The van der Waals surface area contributed by atoms with Crippen LogP contribution in [0.2, 0.25) is 0 Å². The number of hydrogen-bond acceptors (Lipinski definition) is 6. The highest BCUT2D eigenvalue weighted by Crippen LogP contribution is 2.33. The average Bonchev–Trinajstić information content (AvgIpc) is 3.13. The van der Waals surface area contributed by atoms with E-state index in [0.29, 0.717) is 28.7 Å². The zero-order valence-corrected chi connectivity index (χ0v) is 28.0. The molecule has 0 spiro atoms. The minimum absolute atomic E-state index is 0.181. The Morgan fingerprint density at radius 2 is 1.53 bits per heavy atom. The van der Waals surface area contributed by atoms with Crippen LogP contribution in [0.3, 0.4) is 0 Å². The Bertz CT molecular complexity index is 2190. The highest BCUT2D eigenvalue weighted by molar-refractivity contribution is 6.04. The molecule has 9 nitrogen and oxygen atoms in total. The smallest absolute Gasteiger partial charge is 0.274 e. The van der Waals surface area contributed by atoms with Crippen LogP contribution in [-0.2, 0) is 25.9 Å². The molecule has 2 heterocycles. The molecule has 49 heavy (non-hydrogen) atoms. The first-order valence-electron chi connectivity index (χ1n) is 16.4. The third-order valence-electron chi connectivity index (χ3n) is 8.88. The summed E-state index contributed by atoms with van der Waals surface area (Å²) in [5.41, 5.74) is 5.85. The van der Waals surface area contributed by atoms with Gasteiger partial charge in [0.2, 0.25) is 0 Å². The van der Waals surface area contributed by atoms with Crippen molar-refractivity contribution in [1.82, 2.24) is 14.5 Å². The number of amides is 1. The number of aromatic amines is 1. The summed E-state index contributed by atoms with van der Waals surface area (Å²) in [7, 11) is 3.33. The molecule has 0 saturated heterocycles. The lowest BCUT2D eigenvalue weighted by Crippen LogP contribution is -2.53.